The van der Waals surface area contributed by atoms with Crippen LogP contribution in [0.15, 0.2) is 24.3 Å². The van der Waals surface area contributed by atoms with Crippen LogP contribution in [0.1, 0.15) is 97.4 Å². The van der Waals surface area contributed by atoms with Gasteiger partial charge in [0.2, 0.25) is 0 Å². The van der Waals surface area contributed by atoms with Gasteiger partial charge in [-0.15, -0.1) is 0 Å². The van der Waals surface area contributed by atoms with Crippen molar-refractivity contribution in [1.29, 1.82) is 0 Å². The van der Waals surface area contributed by atoms with Crippen LogP contribution in [0.3, 0.4) is 0 Å². The molecular weight excluding hydrogens is 723 g/mol. The maximum Gasteiger partial charge on any atom is 2.00 e. The third-order valence-electron chi connectivity index (χ3n) is 9.16. The van der Waals surface area contributed by atoms with Crippen LogP contribution in [0.25, 0.3) is 44.4 Å². The van der Waals surface area contributed by atoms with Crippen LogP contribution < -0.4 is 0 Å². The number of rotatable bonds is 12. The molecule has 5 heterocycles. The molecule has 5 rings (SSSR count). The summed E-state index contributed by atoms with van der Waals surface area (Å²) in [5, 5.41) is 38.0. The van der Waals surface area contributed by atoms with Crippen LogP contribution in [-0.4, -0.2) is 64.2 Å². The first-order chi connectivity index (χ1) is 22.7. The van der Waals surface area contributed by atoms with Gasteiger partial charge in [-0.3, -0.25) is 19.2 Å². The van der Waals surface area contributed by atoms with Gasteiger partial charge in [-0.1, -0.05) is 0 Å². The summed E-state index contributed by atoms with van der Waals surface area (Å²) in [6.45, 7) is 7.56. The average Bonchev–Trinajstić information content (AvgIpc) is 3.66. The van der Waals surface area contributed by atoms with Crippen LogP contribution in [0.5, 0.6) is 0 Å². The molecule has 0 unspecified atom stereocenters. The third kappa shape index (κ3) is 8.07. The maximum atomic E-state index is 11.6. The second-order valence-electron chi connectivity index (χ2n) is 12.2. The molecule has 49 heavy (non-hydrogen) atoms. The summed E-state index contributed by atoms with van der Waals surface area (Å²) in [6.07, 6.45) is 0.582. The first-order valence-corrected chi connectivity index (χ1v) is 15.7. The van der Waals surface area contributed by atoms with Crippen LogP contribution in [-0.2, 0) is 52.4 Å². The van der Waals surface area contributed by atoms with Crippen LogP contribution in [0.2, 0.25) is 0 Å². The predicted molar refractivity (Wildman–Crippen MR) is 181 cm³/mol. The van der Waals surface area contributed by atoms with E-state index in [2.05, 4.69) is 9.97 Å². The number of aromatic amines is 2. The van der Waals surface area contributed by atoms with Crippen LogP contribution in [0.4, 0.5) is 0 Å². The number of aliphatic carboxylic acids is 4. The molecule has 258 valence electrons. The Bertz CT molecular complexity index is 1960. The molecule has 3 aromatic rings. The normalized spacial score (nSPS) is 12.7. The van der Waals surface area contributed by atoms with Gasteiger partial charge in [-0.25, -0.2) is 9.97 Å². The molecule has 0 saturated carbocycles. The van der Waals surface area contributed by atoms with Gasteiger partial charge in [0.05, 0.1) is 22.8 Å². The number of nitrogens with zero attached hydrogens (tertiary/aromatic N) is 2. The number of hydrogen-bond donors (Lipinski definition) is 6. The smallest absolute Gasteiger partial charge is 0.481 e. The summed E-state index contributed by atoms with van der Waals surface area (Å²) in [4.78, 5) is 63.1. The number of carbonyl (C=O) groups is 4. The largest absolute Gasteiger partial charge is 2.00 e. The Hall–Kier alpha value is -4.86. The van der Waals surface area contributed by atoms with E-state index in [1.165, 1.54) is 0 Å². The Morgan fingerprint density at radius 3 is 1.20 bits per heavy atom. The second kappa shape index (κ2) is 15.1. The molecular formula is C36H38N4O8Pd+2. The van der Waals surface area contributed by atoms with Gasteiger partial charge in [0.1, 0.15) is 0 Å². The number of aryl methyl sites for hydroxylation is 4. The fraction of sp³-hybridized carbons (Fsp3) is 0.333. The third-order valence-corrected chi connectivity index (χ3v) is 9.16. The number of carboxylic acid groups (broad SMARTS) is 4. The number of fused-ring (bicyclic) bond motifs is 8. The molecule has 0 fully saturated rings. The molecule has 0 amide bonds. The van der Waals surface area contributed by atoms with Crippen molar-refractivity contribution in [3.05, 3.63) is 69.3 Å². The first kappa shape index (κ1) is 37.0. The number of H-pyrrole nitrogens is 2. The van der Waals surface area contributed by atoms with Gasteiger partial charge >= 0.3 is 44.3 Å². The predicted octanol–water partition coefficient (Wildman–Crippen LogP) is 6.55. The molecule has 8 bridgehead atoms. The fourth-order valence-electron chi connectivity index (χ4n) is 6.42. The first-order valence-electron chi connectivity index (χ1n) is 15.7. The summed E-state index contributed by atoms with van der Waals surface area (Å²) in [6, 6.07) is 7.40. The Kier molecular flexibility index (Phi) is 11.4. The van der Waals surface area contributed by atoms with Crippen molar-refractivity contribution in [2.75, 3.05) is 0 Å². The van der Waals surface area contributed by atoms with Crippen molar-refractivity contribution in [3.8, 4) is 0 Å². The van der Waals surface area contributed by atoms with Crippen LogP contribution in [0, 0.1) is 13.8 Å². The van der Waals surface area contributed by atoms with Gasteiger partial charge in [0.25, 0.3) is 0 Å². The van der Waals surface area contributed by atoms with E-state index in [4.69, 9.17) is 9.97 Å². The van der Waals surface area contributed by atoms with E-state index in [0.29, 0.717) is 33.8 Å². The van der Waals surface area contributed by atoms with E-state index >= 15 is 0 Å². The topological polar surface area (TPSA) is 207 Å². The van der Waals surface area contributed by atoms with Crippen molar-refractivity contribution < 1.29 is 60.0 Å². The molecule has 0 spiro atoms. The number of hydrogen-bond acceptors (Lipinski definition) is 6. The zero-order valence-corrected chi connectivity index (χ0v) is 29.2. The maximum absolute atomic E-state index is 11.6. The number of nitrogens with one attached hydrogen (secondary N) is 2. The fourth-order valence-corrected chi connectivity index (χ4v) is 6.42. The minimum absolute atomic E-state index is 0. The van der Waals surface area contributed by atoms with Crippen molar-refractivity contribution in [1.82, 2.24) is 19.9 Å². The van der Waals surface area contributed by atoms with Crippen molar-refractivity contribution in [2.45, 2.75) is 79.1 Å². The van der Waals surface area contributed by atoms with Crippen molar-refractivity contribution >= 4 is 68.2 Å². The van der Waals surface area contributed by atoms with E-state index in [0.717, 1.165) is 55.6 Å². The Morgan fingerprint density at radius 2 is 0.857 bits per heavy atom. The zero-order chi connectivity index (χ0) is 34.9. The van der Waals surface area contributed by atoms with Gasteiger partial charge in [0.15, 0.2) is 0 Å². The molecule has 0 aliphatic carbocycles. The monoisotopic (exact) mass is 760 g/mol. The van der Waals surface area contributed by atoms with Crippen molar-refractivity contribution in [2.24, 2.45) is 0 Å². The van der Waals surface area contributed by atoms with E-state index in [9.17, 15) is 39.6 Å². The molecule has 13 heteroatoms. The summed E-state index contributed by atoms with van der Waals surface area (Å²) >= 11 is 0. The molecule has 2 aliphatic rings. The number of aromatic nitrogens is 4. The Morgan fingerprint density at radius 1 is 0.510 bits per heavy atom. The molecule has 0 saturated heterocycles. The summed E-state index contributed by atoms with van der Waals surface area (Å²) in [7, 11) is 0. The molecule has 0 radical (unpaired) electrons. The zero-order valence-electron chi connectivity index (χ0n) is 27.6. The molecule has 12 nitrogen and oxygen atoms in total. The average molecular weight is 761 g/mol. The second-order valence-corrected chi connectivity index (χ2v) is 12.2. The molecule has 0 aromatic carbocycles. The minimum atomic E-state index is -0.944. The van der Waals surface area contributed by atoms with E-state index < -0.39 is 23.9 Å². The number of carboxylic acids is 4. The Labute approximate surface area is 295 Å². The standard InChI is InChI=1S/C36H38N4O8.Pd/c1-17-21(5-9-33(41)42)29-15-30-23(7-11-35(45)46)19(3)27(39-30)14-28-20(4)24(8-12-36(47)48)32(40-28)16-31-22(6-10-34(43)44)18(2)26(38-31)13-25(17)37-29;/h13-16,37-38H,5-12H2,1-4H3,(H,41,42)(H,43,44)(H,45,46)(H,47,48);/q;+2. The molecule has 2 aliphatic heterocycles. The van der Waals surface area contributed by atoms with Crippen LogP contribution >= 0.6 is 0 Å². The Balaban J connectivity index is 0.00000541. The summed E-state index contributed by atoms with van der Waals surface area (Å²) in [5.74, 6) is -3.76. The quantitative estimate of drug-likeness (QED) is 0.110. The van der Waals surface area contributed by atoms with E-state index in [1.54, 1.807) is 0 Å². The van der Waals surface area contributed by atoms with Gasteiger partial charge in [0, 0.05) is 47.8 Å². The number of allylic oxidation sites excluding steroid dienone is 4. The van der Waals surface area contributed by atoms with Crippen molar-refractivity contribution in [3.63, 3.8) is 0 Å². The van der Waals surface area contributed by atoms with E-state index in [1.807, 2.05) is 52.0 Å². The summed E-state index contributed by atoms with van der Waals surface area (Å²) < 4.78 is 0. The molecule has 6 N–H and O–H groups in total. The SMILES string of the molecule is CC1=C(CCC(=O)O)c2cc3[nH]c(cc4[nH]c(cc5nc(cc1n2)C(C)=C5CCC(=O)O)c(CCC(=O)O)c4C)c(C)c3CCC(=O)O.[Pd+2]. The summed E-state index contributed by atoms with van der Waals surface area (Å²) in [5.41, 5.74) is 11.4. The van der Waals surface area contributed by atoms with Gasteiger partial charge in [-0.05, 0) is 122 Å². The molecule has 0 atom stereocenters. The minimum Gasteiger partial charge on any atom is -0.481 e. The van der Waals surface area contributed by atoms with Gasteiger partial charge < -0.3 is 30.4 Å². The van der Waals surface area contributed by atoms with E-state index in [-0.39, 0.29) is 71.8 Å². The molecule has 3 aromatic heterocycles. The van der Waals surface area contributed by atoms with Gasteiger partial charge in [-0.2, -0.15) is 0 Å².